The Morgan fingerprint density at radius 2 is 1.83 bits per heavy atom. The molecule has 126 valence electrons. The van der Waals surface area contributed by atoms with Crippen LogP contribution in [0.15, 0.2) is 48.5 Å². The number of esters is 1. The fourth-order valence-electron chi connectivity index (χ4n) is 2.24. The predicted molar refractivity (Wildman–Crippen MR) is 95.5 cm³/mol. The van der Waals surface area contributed by atoms with Crippen LogP contribution in [0.1, 0.15) is 24.8 Å². The number of rotatable bonds is 6. The molecular formula is C18H17Cl2NO3. The summed E-state index contributed by atoms with van der Waals surface area (Å²) in [6.07, 6.45) is 0.591. The average molecular weight is 366 g/mol. The standard InChI is InChI=1S/C18H17Cl2NO3/c1-2-14(12-6-4-3-5-7-12)18(23)24-11-17(22)21-16-9-8-13(19)10-15(16)20/h3-10,14H,2,11H2,1H3,(H,21,22). The number of anilines is 1. The maximum absolute atomic E-state index is 12.2. The summed E-state index contributed by atoms with van der Waals surface area (Å²) in [6, 6.07) is 14.0. The molecule has 2 aromatic rings. The number of halogens is 2. The lowest BCUT2D eigenvalue weighted by atomic mass is 9.97. The normalized spacial score (nSPS) is 11.6. The molecule has 2 rings (SSSR count). The molecule has 0 aromatic heterocycles. The predicted octanol–water partition coefficient (Wildman–Crippen LogP) is 4.67. The molecule has 1 unspecified atom stereocenters. The third kappa shape index (κ3) is 4.98. The van der Waals surface area contributed by atoms with Gasteiger partial charge in [0.25, 0.3) is 5.91 Å². The van der Waals surface area contributed by atoms with Crippen molar-refractivity contribution in [2.45, 2.75) is 19.3 Å². The van der Waals surface area contributed by atoms with Gasteiger partial charge in [-0.05, 0) is 30.2 Å². The van der Waals surface area contributed by atoms with E-state index in [9.17, 15) is 9.59 Å². The summed E-state index contributed by atoms with van der Waals surface area (Å²) in [5.41, 5.74) is 1.28. The molecule has 0 saturated heterocycles. The minimum atomic E-state index is -0.463. The zero-order valence-corrected chi connectivity index (χ0v) is 14.6. The first-order valence-corrected chi connectivity index (χ1v) is 8.23. The number of benzene rings is 2. The van der Waals surface area contributed by atoms with Crippen LogP contribution >= 0.6 is 23.2 Å². The van der Waals surface area contributed by atoms with Gasteiger partial charge in [0.1, 0.15) is 0 Å². The minimum Gasteiger partial charge on any atom is -0.455 e. The van der Waals surface area contributed by atoms with E-state index in [0.29, 0.717) is 22.2 Å². The van der Waals surface area contributed by atoms with Crippen LogP contribution in [0.5, 0.6) is 0 Å². The Labute approximate surface area is 150 Å². The fourth-order valence-corrected chi connectivity index (χ4v) is 2.69. The summed E-state index contributed by atoms with van der Waals surface area (Å²) in [7, 11) is 0. The maximum atomic E-state index is 12.2. The summed E-state index contributed by atoms with van der Waals surface area (Å²) >= 11 is 11.8. The molecule has 4 nitrogen and oxygen atoms in total. The molecule has 0 fully saturated rings. The molecule has 2 aromatic carbocycles. The van der Waals surface area contributed by atoms with Crippen LogP contribution in [-0.4, -0.2) is 18.5 Å². The van der Waals surface area contributed by atoms with Crippen LogP contribution in [0.25, 0.3) is 0 Å². The van der Waals surface area contributed by atoms with Crippen LogP contribution in [0.2, 0.25) is 10.0 Å². The molecule has 1 N–H and O–H groups in total. The van der Waals surface area contributed by atoms with Gasteiger partial charge in [0.2, 0.25) is 0 Å². The van der Waals surface area contributed by atoms with Crippen molar-refractivity contribution in [3.63, 3.8) is 0 Å². The lowest BCUT2D eigenvalue weighted by molar-refractivity contribution is -0.149. The highest BCUT2D eigenvalue weighted by Gasteiger charge is 2.21. The first kappa shape index (κ1) is 18.3. The number of carbonyl (C=O) groups is 2. The topological polar surface area (TPSA) is 55.4 Å². The van der Waals surface area contributed by atoms with Crippen molar-refractivity contribution in [1.82, 2.24) is 0 Å². The molecule has 0 radical (unpaired) electrons. The van der Waals surface area contributed by atoms with E-state index in [4.69, 9.17) is 27.9 Å². The Morgan fingerprint density at radius 3 is 2.46 bits per heavy atom. The highest BCUT2D eigenvalue weighted by atomic mass is 35.5. The summed E-state index contributed by atoms with van der Waals surface area (Å²) in [4.78, 5) is 24.1. The summed E-state index contributed by atoms with van der Waals surface area (Å²) in [5, 5.41) is 3.37. The van der Waals surface area contributed by atoms with Crippen LogP contribution in [0, 0.1) is 0 Å². The van der Waals surface area contributed by atoms with E-state index in [1.807, 2.05) is 37.3 Å². The highest BCUT2D eigenvalue weighted by Crippen LogP contribution is 2.25. The average Bonchev–Trinajstić information content (AvgIpc) is 2.57. The second kappa shape index (κ2) is 8.71. The zero-order valence-electron chi connectivity index (χ0n) is 13.1. The summed E-state index contributed by atoms with van der Waals surface area (Å²) in [6.45, 7) is 1.52. The van der Waals surface area contributed by atoms with Gasteiger partial charge < -0.3 is 10.1 Å². The Hall–Kier alpha value is -2.04. The van der Waals surface area contributed by atoms with E-state index in [-0.39, 0.29) is 6.61 Å². The van der Waals surface area contributed by atoms with E-state index in [2.05, 4.69) is 5.32 Å². The Bertz CT molecular complexity index is 719. The zero-order chi connectivity index (χ0) is 17.5. The van der Waals surface area contributed by atoms with Gasteiger partial charge in [-0.1, -0.05) is 60.5 Å². The smallest absolute Gasteiger partial charge is 0.313 e. The van der Waals surface area contributed by atoms with Crippen molar-refractivity contribution < 1.29 is 14.3 Å². The number of carbonyl (C=O) groups excluding carboxylic acids is 2. The molecule has 0 bridgehead atoms. The number of hydrogen-bond donors (Lipinski definition) is 1. The summed E-state index contributed by atoms with van der Waals surface area (Å²) in [5.74, 6) is -1.28. The van der Waals surface area contributed by atoms with Crippen LogP contribution in [0.3, 0.4) is 0 Å². The molecular weight excluding hydrogens is 349 g/mol. The van der Waals surface area contributed by atoms with E-state index >= 15 is 0 Å². The SMILES string of the molecule is CCC(C(=O)OCC(=O)Nc1ccc(Cl)cc1Cl)c1ccccc1. The Balaban J connectivity index is 1.92. The molecule has 0 aliphatic carbocycles. The molecule has 24 heavy (non-hydrogen) atoms. The highest BCUT2D eigenvalue weighted by molar-refractivity contribution is 6.36. The molecule has 0 heterocycles. The monoisotopic (exact) mass is 365 g/mol. The van der Waals surface area contributed by atoms with Crippen LogP contribution in [-0.2, 0) is 14.3 Å². The minimum absolute atomic E-state index is 0.317. The van der Waals surface area contributed by atoms with Crippen molar-refractivity contribution in [1.29, 1.82) is 0 Å². The van der Waals surface area contributed by atoms with E-state index in [1.54, 1.807) is 12.1 Å². The van der Waals surface area contributed by atoms with Gasteiger partial charge in [0.15, 0.2) is 6.61 Å². The summed E-state index contributed by atoms with van der Waals surface area (Å²) < 4.78 is 5.13. The number of hydrogen-bond acceptors (Lipinski definition) is 3. The van der Waals surface area contributed by atoms with Gasteiger partial charge in [0.05, 0.1) is 16.6 Å². The number of ether oxygens (including phenoxy) is 1. The van der Waals surface area contributed by atoms with E-state index in [0.717, 1.165) is 5.56 Å². The maximum Gasteiger partial charge on any atom is 0.313 e. The van der Waals surface area contributed by atoms with Crippen LogP contribution in [0.4, 0.5) is 5.69 Å². The number of nitrogens with one attached hydrogen (secondary N) is 1. The molecule has 1 amide bonds. The van der Waals surface area contributed by atoms with Crippen molar-refractivity contribution in [2.24, 2.45) is 0 Å². The van der Waals surface area contributed by atoms with Gasteiger partial charge in [-0.2, -0.15) is 0 Å². The van der Waals surface area contributed by atoms with Gasteiger partial charge in [-0.3, -0.25) is 9.59 Å². The van der Waals surface area contributed by atoms with Crippen molar-refractivity contribution in [3.8, 4) is 0 Å². The lowest BCUT2D eigenvalue weighted by Gasteiger charge is -2.14. The van der Waals surface area contributed by atoms with Gasteiger partial charge >= 0.3 is 5.97 Å². The molecule has 0 aliphatic rings. The largest absolute Gasteiger partial charge is 0.455 e. The van der Waals surface area contributed by atoms with Crippen LogP contribution < -0.4 is 5.32 Å². The number of amides is 1. The first-order valence-electron chi connectivity index (χ1n) is 7.47. The molecule has 1 atom stereocenters. The quantitative estimate of drug-likeness (QED) is 0.756. The third-order valence-corrected chi connectivity index (χ3v) is 3.99. The Morgan fingerprint density at radius 1 is 1.12 bits per heavy atom. The van der Waals surface area contributed by atoms with Crippen molar-refractivity contribution >= 4 is 40.8 Å². The fraction of sp³-hybridized carbons (Fsp3) is 0.222. The molecule has 0 aliphatic heterocycles. The van der Waals surface area contributed by atoms with Gasteiger partial charge in [-0.25, -0.2) is 0 Å². The lowest BCUT2D eigenvalue weighted by Crippen LogP contribution is -2.24. The van der Waals surface area contributed by atoms with E-state index in [1.165, 1.54) is 6.07 Å². The molecule has 0 spiro atoms. The first-order chi connectivity index (χ1) is 11.5. The second-order valence-electron chi connectivity index (χ2n) is 5.15. The van der Waals surface area contributed by atoms with Crippen molar-refractivity contribution in [2.75, 3.05) is 11.9 Å². The van der Waals surface area contributed by atoms with Gasteiger partial charge in [-0.15, -0.1) is 0 Å². The van der Waals surface area contributed by atoms with Crippen molar-refractivity contribution in [3.05, 3.63) is 64.1 Å². The Kier molecular flexibility index (Phi) is 6.64. The molecule has 6 heteroatoms. The second-order valence-corrected chi connectivity index (χ2v) is 6.00. The van der Waals surface area contributed by atoms with E-state index < -0.39 is 17.8 Å². The third-order valence-electron chi connectivity index (χ3n) is 3.45. The molecule has 0 saturated carbocycles. The van der Waals surface area contributed by atoms with Gasteiger partial charge in [0, 0.05) is 5.02 Å².